The van der Waals surface area contributed by atoms with E-state index in [4.69, 9.17) is 11.6 Å². The fourth-order valence-electron chi connectivity index (χ4n) is 1.99. The van der Waals surface area contributed by atoms with Gasteiger partial charge < -0.3 is 4.90 Å². The molecule has 0 bridgehead atoms. The molecule has 0 aromatic carbocycles. The Morgan fingerprint density at radius 2 is 2.05 bits per heavy atom. The van der Waals surface area contributed by atoms with E-state index in [1.54, 1.807) is 21.7 Å². The molecular formula is C16H26ClN3O. The monoisotopic (exact) mass is 311 g/mol. The molecule has 0 N–H and O–H groups in total. The lowest BCUT2D eigenvalue weighted by molar-refractivity contribution is -0.126. The molecule has 0 aliphatic heterocycles. The molecule has 1 aromatic heterocycles. The van der Waals surface area contributed by atoms with Gasteiger partial charge in [-0.3, -0.25) is 9.48 Å². The Hall–Kier alpha value is -1.29. The Morgan fingerprint density at radius 3 is 2.57 bits per heavy atom. The topological polar surface area (TPSA) is 38.1 Å². The van der Waals surface area contributed by atoms with Gasteiger partial charge in [0.1, 0.15) is 5.15 Å². The molecule has 0 aliphatic rings. The second kappa shape index (κ2) is 7.64. The highest BCUT2D eigenvalue weighted by molar-refractivity contribution is 6.31. The molecule has 0 fully saturated rings. The van der Waals surface area contributed by atoms with E-state index in [-0.39, 0.29) is 11.9 Å². The van der Waals surface area contributed by atoms with Gasteiger partial charge in [0.2, 0.25) is 5.91 Å². The van der Waals surface area contributed by atoms with Crippen LogP contribution in [0.5, 0.6) is 0 Å². The number of rotatable bonds is 6. The maximum atomic E-state index is 12.1. The maximum Gasteiger partial charge on any atom is 0.246 e. The number of aromatic nitrogens is 2. The summed E-state index contributed by atoms with van der Waals surface area (Å²) in [6.07, 6.45) is 4.27. The van der Waals surface area contributed by atoms with Crippen molar-refractivity contribution >= 4 is 23.6 Å². The van der Waals surface area contributed by atoms with E-state index < -0.39 is 0 Å². The van der Waals surface area contributed by atoms with Crippen molar-refractivity contribution in [2.45, 2.75) is 53.6 Å². The zero-order chi connectivity index (χ0) is 16.2. The van der Waals surface area contributed by atoms with Crippen molar-refractivity contribution in [3.8, 4) is 0 Å². The Balaban J connectivity index is 2.90. The van der Waals surface area contributed by atoms with Crippen LogP contribution in [0.3, 0.4) is 0 Å². The summed E-state index contributed by atoms with van der Waals surface area (Å²) in [5.41, 5.74) is 1.67. The lowest BCUT2D eigenvalue weighted by Gasteiger charge is -2.22. The van der Waals surface area contributed by atoms with Crippen LogP contribution in [-0.2, 0) is 11.3 Å². The van der Waals surface area contributed by atoms with Gasteiger partial charge in [-0.15, -0.1) is 0 Å². The van der Waals surface area contributed by atoms with E-state index >= 15 is 0 Å². The van der Waals surface area contributed by atoms with Gasteiger partial charge in [0.15, 0.2) is 0 Å². The second-order valence-corrected chi connectivity index (χ2v) is 6.26. The molecule has 1 aromatic rings. The zero-order valence-electron chi connectivity index (χ0n) is 13.9. The Kier molecular flexibility index (Phi) is 6.46. The summed E-state index contributed by atoms with van der Waals surface area (Å²) < 4.78 is 1.80. The van der Waals surface area contributed by atoms with Crippen molar-refractivity contribution in [3.05, 3.63) is 22.5 Å². The van der Waals surface area contributed by atoms with E-state index in [0.29, 0.717) is 11.1 Å². The Labute approximate surface area is 132 Å². The van der Waals surface area contributed by atoms with E-state index in [9.17, 15) is 4.79 Å². The number of likely N-dealkylation sites (N-methyl/N-ethyl adjacent to an activating group) is 1. The summed E-state index contributed by atoms with van der Waals surface area (Å²) in [5, 5.41) is 5.03. The molecule has 0 saturated heterocycles. The predicted molar refractivity (Wildman–Crippen MR) is 88.4 cm³/mol. The molecule has 0 aliphatic carbocycles. The fourth-order valence-corrected chi connectivity index (χ4v) is 2.29. The minimum absolute atomic E-state index is 0.0172. The van der Waals surface area contributed by atoms with Crippen LogP contribution in [0.25, 0.3) is 6.08 Å². The average Bonchev–Trinajstić information content (AvgIpc) is 2.68. The highest BCUT2D eigenvalue weighted by Crippen LogP contribution is 2.22. The third-order valence-electron chi connectivity index (χ3n) is 3.64. The lowest BCUT2D eigenvalue weighted by Crippen LogP contribution is -2.33. The van der Waals surface area contributed by atoms with Crippen LogP contribution in [0.2, 0.25) is 5.15 Å². The number of carbonyl (C=O) groups is 1. The first kappa shape index (κ1) is 17.8. The number of aryl methyl sites for hydroxylation is 1. The van der Waals surface area contributed by atoms with Gasteiger partial charge in [-0.25, -0.2) is 0 Å². The molecule has 1 unspecified atom stereocenters. The van der Waals surface area contributed by atoms with Crippen molar-refractivity contribution in [1.29, 1.82) is 0 Å². The zero-order valence-corrected chi connectivity index (χ0v) is 14.6. The van der Waals surface area contributed by atoms with E-state index in [1.807, 2.05) is 20.9 Å². The molecule has 5 heteroatoms. The van der Waals surface area contributed by atoms with Crippen molar-refractivity contribution in [2.24, 2.45) is 5.92 Å². The number of halogens is 1. The number of carbonyl (C=O) groups excluding carboxylic acids is 1. The van der Waals surface area contributed by atoms with Gasteiger partial charge in [-0.05, 0) is 32.3 Å². The van der Waals surface area contributed by atoms with E-state index in [0.717, 1.165) is 24.2 Å². The second-order valence-electron chi connectivity index (χ2n) is 5.91. The normalized spacial score (nSPS) is 13.1. The molecule has 118 valence electrons. The SMILES string of the molecule is CCC(C)N(C)C(=O)/C=C/c1c(C)nn(CC(C)C)c1Cl. The quantitative estimate of drug-likeness (QED) is 0.750. The Morgan fingerprint density at radius 1 is 1.43 bits per heavy atom. The van der Waals surface area contributed by atoms with E-state index in [2.05, 4.69) is 25.9 Å². The molecule has 0 radical (unpaired) electrons. The third-order valence-corrected chi connectivity index (χ3v) is 4.04. The van der Waals surface area contributed by atoms with Crippen LogP contribution < -0.4 is 0 Å². The molecule has 4 nitrogen and oxygen atoms in total. The summed E-state index contributed by atoms with van der Waals surface area (Å²) in [5.74, 6) is 0.452. The van der Waals surface area contributed by atoms with Crippen molar-refractivity contribution < 1.29 is 4.79 Å². The summed E-state index contributed by atoms with van der Waals surface area (Å²) >= 11 is 6.35. The summed E-state index contributed by atoms with van der Waals surface area (Å²) in [7, 11) is 1.82. The summed E-state index contributed by atoms with van der Waals surface area (Å²) in [4.78, 5) is 13.8. The minimum Gasteiger partial charge on any atom is -0.340 e. The highest BCUT2D eigenvalue weighted by Gasteiger charge is 2.14. The molecule has 21 heavy (non-hydrogen) atoms. The first-order valence-corrected chi connectivity index (χ1v) is 7.83. The lowest BCUT2D eigenvalue weighted by atomic mass is 10.2. The van der Waals surface area contributed by atoms with Gasteiger partial charge in [0.25, 0.3) is 0 Å². The van der Waals surface area contributed by atoms with Crippen LogP contribution >= 0.6 is 11.6 Å². The molecule has 1 heterocycles. The van der Waals surface area contributed by atoms with Gasteiger partial charge in [0, 0.05) is 31.3 Å². The van der Waals surface area contributed by atoms with Crippen LogP contribution in [0.1, 0.15) is 45.4 Å². The Bertz CT molecular complexity index is 520. The minimum atomic E-state index is -0.0172. The van der Waals surface area contributed by atoms with E-state index in [1.165, 1.54) is 0 Å². The van der Waals surface area contributed by atoms with Gasteiger partial charge in [-0.1, -0.05) is 32.4 Å². The first-order chi connectivity index (χ1) is 9.77. The average molecular weight is 312 g/mol. The number of nitrogens with zero attached hydrogens (tertiary/aromatic N) is 3. The standard InChI is InChI=1S/C16H26ClN3O/c1-7-12(4)19(6)15(21)9-8-14-13(5)18-20(16(14)17)10-11(2)3/h8-9,11-12H,7,10H2,1-6H3/b9-8+. The van der Waals surface area contributed by atoms with Crippen LogP contribution in [0.15, 0.2) is 6.08 Å². The van der Waals surface area contributed by atoms with Crippen molar-refractivity contribution in [3.63, 3.8) is 0 Å². The maximum absolute atomic E-state index is 12.1. The van der Waals surface area contributed by atoms with Crippen LogP contribution in [-0.4, -0.2) is 33.7 Å². The molecular weight excluding hydrogens is 286 g/mol. The first-order valence-electron chi connectivity index (χ1n) is 7.45. The smallest absolute Gasteiger partial charge is 0.246 e. The largest absolute Gasteiger partial charge is 0.340 e. The van der Waals surface area contributed by atoms with Gasteiger partial charge >= 0.3 is 0 Å². The van der Waals surface area contributed by atoms with Crippen molar-refractivity contribution in [1.82, 2.24) is 14.7 Å². The summed E-state index contributed by atoms with van der Waals surface area (Å²) in [6.45, 7) is 11.0. The van der Waals surface area contributed by atoms with Crippen molar-refractivity contribution in [2.75, 3.05) is 7.05 Å². The highest BCUT2D eigenvalue weighted by atomic mass is 35.5. The van der Waals surface area contributed by atoms with Gasteiger partial charge in [0.05, 0.1) is 5.69 Å². The van der Waals surface area contributed by atoms with Gasteiger partial charge in [-0.2, -0.15) is 5.10 Å². The fraction of sp³-hybridized carbons (Fsp3) is 0.625. The number of amides is 1. The third kappa shape index (κ3) is 4.60. The summed E-state index contributed by atoms with van der Waals surface area (Å²) in [6, 6.07) is 0.224. The number of hydrogen-bond donors (Lipinski definition) is 0. The molecule has 1 rings (SSSR count). The molecule has 1 amide bonds. The number of hydrogen-bond acceptors (Lipinski definition) is 2. The van der Waals surface area contributed by atoms with Crippen LogP contribution in [0, 0.1) is 12.8 Å². The molecule has 0 spiro atoms. The molecule has 1 atom stereocenters. The predicted octanol–water partition coefficient (Wildman–Crippen LogP) is 3.77. The molecule has 0 saturated carbocycles. The van der Waals surface area contributed by atoms with Crippen LogP contribution in [0.4, 0.5) is 0 Å².